The van der Waals surface area contributed by atoms with Gasteiger partial charge in [-0.2, -0.15) is 0 Å². The molecule has 2 saturated heterocycles. The monoisotopic (exact) mass is 401 g/mol. The van der Waals surface area contributed by atoms with Crippen molar-refractivity contribution in [2.24, 2.45) is 5.92 Å². The summed E-state index contributed by atoms with van der Waals surface area (Å²) in [5, 5.41) is 3.00. The molecular formula is C23H35N3O3. The minimum atomic E-state index is -0.130. The molecule has 6 heteroatoms. The van der Waals surface area contributed by atoms with Crippen LogP contribution in [0, 0.1) is 5.92 Å². The molecule has 2 fully saturated rings. The van der Waals surface area contributed by atoms with E-state index in [0.29, 0.717) is 19.0 Å². The first-order valence-corrected chi connectivity index (χ1v) is 10.8. The molecule has 2 aliphatic rings. The Morgan fingerprint density at radius 3 is 2.59 bits per heavy atom. The third-order valence-corrected chi connectivity index (χ3v) is 5.68. The predicted molar refractivity (Wildman–Crippen MR) is 114 cm³/mol. The highest BCUT2D eigenvalue weighted by Gasteiger charge is 2.45. The predicted octanol–water partition coefficient (Wildman–Crippen LogP) is 2.81. The molecule has 0 aliphatic carbocycles. The van der Waals surface area contributed by atoms with Gasteiger partial charge < -0.3 is 15.0 Å². The van der Waals surface area contributed by atoms with Gasteiger partial charge in [0.2, 0.25) is 11.8 Å². The molecule has 3 unspecified atom stereocenters. The second kappa shape index (κ2) is 9.16. The fourth-order valence-corrected chi connectivity index (χ4v) is 4.59. The molecule has 3 rings (SSSR count). The number of nitrogens with one attached hydrogen (secondary N) is 1. The van der Waals surface area contributed by atoms with E-state index in [2.05, 4.69) is 30.1 Å². The Balaban J connectivity index is 1.81. The normalized spacial score (nSPS) is 24.9. The van der Waals surface area contributed by atoms with Crippen molar-refractivity contribution in [3.63, 3.8) is 0 Å². The van der Waals surface area contributed by atoms with Crippen LogP contribution < -0.4 is 10.1 Å². The van der Waals surface area contributed by atoms with Crippen molar-refractivity contribution in [1.29, 1.82) is 0 Å². The Hall–Kier alpha value is -2.08. The summed E-state index contributed by atoms with van der Waals surface area (Å²) in [5.41, 5.74) is 1.12. The van der Waals surface area contributed by atoms with Gasteiger partial charge in [-0.1, -0.05) is 32.0 Å². The first kappa shape index (κ1) is 21.6. The zero-order chi connectivity index (χ0) is 21.1. The molecule has 1 N–H and O–H groups in total. The molecule has 3 atom stereocenters. The van der Waals surface area contributed by atoms with Crippen molar-refractivity contribution in [3.05, 3.63) is 29.8 Å². The molecule has 0 spiro atoms. The van der Waals surface area contributed by atoms with E-state index in [9.17, 15) is 9.59 Å². The number of ether oxygens (including phenoxy) is 1. The highest BCUT2D eigenvalue weighted by molar-refractivity contribution is 5.83. The van der Waals surface area contributed by atoms with Gasteiger partial charge in [0.1, 0.15) is 5.75 Å². The maximum Gasteiger partial charge on any atom is 0.240 e. The van der Waals surface area contributed by atoms with Crippen LogP contribution in [0.1, 0.15) is 53.0 Å². The molecule has 160 valence electrons. The van der Waals surface area contributed by atoms with E-state index in [4.69, 9.17) is 4.74 Å². The second-order valence-electron chi connectivity index (χ2n) is 9.13. The Labute approximate surface area is 174 Å². The largest absolute Gasteiger partial charge is 0.491 e. The zero-order valence-corrected chi connectivity index (χ0v) is 18.4. The Morgan fingerprint density at radius 1 is 1.21 bits per heavy atom. The zero-order valence-electron chi connectivity index (χ0n) is 18.4. The number of nitrogens with zero attached hydrogens (tertiary/aromatic N) is 2. The number of rotatable bonds is 7. The molecule has 29 heavy (non-hydrogen) atoms. The van der Waals surface area contributed by atoms with Crippen LogP contribution in [-0.4, -0.2) is 58.9 Å². The molecule has 1 aromatic carbocycles. The fourth-order valence-electron chi connectivity index (χ4n) is 4.59. The average Bonchev–Trinajstić information content (AvgIpc) is 3.01. The third-order valence-electron chi connectivity index (χ3n) is 5.68. The van der Waals surface area contributed by atoms with Crippen molar-refractivity contribution in [2.45, 2.75) is 78.2 Å². The number of para-hydroxylation sites is 1. The second-order valence-corrected chi connectivity index (χ2v) is 9.13. The number of hydrogen-bond donors (Lipinski definition) is 1. The van der Waals surface area contributed by atoms with Crippen LogP contribution in [0.2, 0.25) is 0 Å². The van der Waals surface area contributed by atoms with Crippen molar-refractivity contribution in [3.8, 4) is 5.75 Å². The Morgan fingerprint density at radius 2 is 1.93 bits per heavy atom. The van der Waals surface area contributed by atoms with Crippen LogP contribution in [0.25, 0.3) is 0 Å². The number of carbonyl (C=O) groups excluding carboxylic acids is 2. The van der Waals surface area contributed by atoms with Crippen LogP contribution in [0.5, 0.6) is 5.75 Å². The summed E-state index contributed by atoms with van der Waals surface area (Å²) in [7, 11) is 0. The highest BCUT2D eigenvalue weighted by atomic mass is 16.5. The minimum Gasteiger partial charge on any atom is -0.491 e. The van der Waals surface area contributed by atoms with Crippen molar-refractivity contribution < 1.29 is 14.3 Å². The average molecular weight is 402 g/mol. The first-order chi connectivity index (χ1) is 13.7. The van der Waals surface area contributed by atoms with Gasteiger partial charge in [0.05, 0.1) is 12.1 Å². The lowest BCUT2D eigenvalue weighted by molar-refractivity contribution is -0.145. The van der Waals surface area contributed by atoms with E-state index in [0.717, 1.165) is 30.7 Å². The van der Waals surface area contributed by atoms with Gasteiger partial charge in [0, 0.05) is 44.2 Å². The summed E-state index contributed by atoms with van der Waals surface area (Å²) in [5.74, 6) is 1.49. The summed E-state index contributed by atoms with van der Waals surface area (Å²) >= 11 is 0. The van der Waals surface area contributed by atoms with Gasteiger partial charge in [-0.25, -0.2) is 0 Å². The van der Waals surface area contributed by atoms with E-state index in [1.807, 2.05) is 36.9 Å². The number of amides is 2. The van der Waals surface area contributed by atoms with Gasteiger partial charge in [-0.05, 0) is 38.7 Å². The molecule has 2 aliphatic heterocycles. The Bertz CT molecular complexity index is 734. The maximum atomic E-state index is 13.4. The topological polar surface area (TPSA) is 61.9 Å². The maximum absolute atomic E-state index is 13.4. The summed E-state index contributed by atoms with van der Waals surface area (Å²) in [6, 6.07) is 8.20. The van der Waals surface area contributed by atoms with Crippen LogP contribution in [0.3, 0.4) is 0 Å². The van der Waals surface area contributed by atoms with Crippen molar-refractivity contribution in [2.75, 3.05) is 13.1 Å². The lowest BCUT2D eigenvalue weighted by atomic mass is 9.96. The summed E-state index contributed by atoms with van der Waals surface area (Å²) in [6.45, 7) is 12.1. The van der Waals surface area contributed by atoms with E-state index < -0.39 is 0 Å². The number of hydrogen-bond acceptors (Lipinski definition) is 4. The molecule has 2 heterocycles. The van der Waals surface area contributed by atoms with Crippen molar-refractivity contribution in [1.82, 2.24) is 15.1 Å². The number of carbonyl (C=O) groups is 2. The number of piperazine rings is 1. The van der Waals surface area contributed by atoms with Gasteiger partial charge in [0.15, 0.2) is 0 Å². The van der Waals surface area contributed by atoms with Crippen LogP contribution in [-0.2, 0) is 16.1 Å². The van der Waals surface area contributed by atoms with Gasteiger partial charge in [-0.3, -0.25) is 14.5 Å². The van der Waals surface area contributed by atoms with E-state index >= 15 is 0 Å². The van der Waals surface area contributed by atoms with Gasteiger partial charge in [-0.15, -0.1) is 0 Å². The third kappa shape index (κ3) is 5.30. The SMILES string of the molecule is CC(=O)NC1CC2CN(Cc3ccccc3OC(C)C)C(CC(C)C)C(=O)N2C1. The fraction of sp³-hybridized carbons (Fsp3) is 0.652. The summed E-state index contributed by atoms with van der Waals surface area (Å²) < 4.78 is 6.01. The van der Waals surface area contributed by atoms with Gasteiger partial charge in [0.25, 0.3) is 0 Å². The van der Waals surface area contributed by atoms with Gasteiger partial charge >= 0.3 is 0 Å². The van der Waals surface area contributed by atoms with E-state index in [1.54, 1.807) is 6.92 Å². The minimum absolute atomic E-state index is 0.0300. The molecular weight excluding hydrogens is 366 g/mol. The molecule has 2 amide bonds. The van der Waals surface area contributed by atoms with Crippen molar-refractivity contribution >= 4 is 11.8 Å². The van der Waals surface area contributed by atoms with Crippen LogP contribution in [0.15, 0.2) is 24.3 Å². The smallest absolute Gasteiger partial charge is 0.240 e. The lowest BCUT2D eigenvalue weighted by Gasteiger charge is -2.43. The summed E-state index contributed by atoms with van der Waals surface area (Å²) in [4.78, 5) is 29.2. The number of fused-ring (bicyclic) bond motifs is 1. The highest BCUT2D eigenvalue weighted by Crippen LogP contribution is 2.31. The Kier molecular flexibility index (Phi) is 6.83. The quantitative estimate of drug-likeness (QED) is 0.763. The molecule has 6 nitrogen and oxygen atoms in total. The molecule has 0 bridgehead atoms. The molecule has 1 aromatic rings. The molecule has 0 radical (unpaired) electrons. The molecule has 0 saturated carbocycles. The van der Waals surface area contributed by atoms with E-state index in [1.165, 1.54) is 0 Å². The number of benzene rings is 1. The molecule has 0 aromatic heterocycles. The lowest BCUT2D eigenvalue weighted by Crippen LogP contribution is -2.59. The van der Waals surface area contributed by atoms with Crippen LogP contribution in [0.4, 0.5) is 0 Å². The van der Waals surface area contributed by atoms with E-state index in [-0.39, 0.29) is 36.0 Å². The summed E-state index contributed by atoms with van der Waals surface area (Å²) in [6.07, 6.45) is 1.76. The van der Waals surface area contributed by atoms with Crippen LogP contribution >= 0.6 is 0 Å². The first-order valence-electron chi connectivity index (χ1n) is 10.8. The standard InChI is InChI=1S/C23H35N3O3/c1-15(2)10-21-23(28)26-13-19(24-17(5)27)11-20(26)14-25(21)12-18-8-6-7-9-22(18)29-16(3)4/h6-9,15-16,19-21H,10-14H2,1-5H3,(H,24,27).